The first-order valence-corrected chi connectivity index (χ1v) is 9.75. The van der Waals surface area contributed by atoms with E-state index in [0.29, 0.717) is 36.1 Å². The Balaban J connectivity index is 1.84. The van der Waals surface area contributed by atoms with Crippen LogP contribution in [0.15, 0.2) is 48.5 Å². The van der Waals surface area contributed by atoms with Crippen LogP contribution >= 0.6 is 0 Å². The van der Waals surface area contributed by atoms with Gasteiger partial charge in [-0.25, -0.2) is 0 Å². The summed E-state index contributed by atoms with van der Waals surface area (Å²) in [4.78, 5) is 49.4. The Bertz CT molecular complexity index is 946. The molecule has 0 radical (unpaired) electrons. The molecule has 1 N–H and O–H groups in total. The molecule has 2 unspecified atom stereocenters. The first-order chi connectivity index (χ1) is 14.3. The van der Waals surface area contributed by atoms with Gasteiger partial charge in [-0.3, -0.25) is 24.1 Å². The van der Waals surface area contributed by atoms with Crippen molar-refractivity contribution in [3.8, 4) is 5.75 Å². The quantitative estimate of drug-likeness (QED) is 0.408. The lowest BCUT2D eigenvalue weighted by molar-refractivity contribution is -0.141. The van der Waals surface area contributed by atoms with E-state index >= 15 is 0 Å². The lowest BCUT2D eigenvalue weighted by Crippen LogP contribution is -2.41. The van der Waals surface area contributed by atoms with Gasteiger partial charge >= 0.3 is 11.9 Å². The summed E-state index contributed by atoms with van der Waals surface area (Å²) in [5.41, 5.74) is 1.57. The molecule has 156 valence electrons. The molecule has 30 heavy (non-hydrogen) atoms. The molecule has 0 saturated heterocycles. The molecular weight excluding hydrogens is 386 g/mol. The monoisotopic (exact) mass is 409 g/mol. The second kappa shape index (κ2) is 8.90. The molecule has 0 spiro atoms. The zero-order valence-corrected chi connectivity index (χ0v) is 16.8. The van der Waals surface area contributed by atoms with Gasteiger partial charge in [-0.1, -0.05) is 31.2 Å². The Morgan fingerprint density at radius 3 is 2.03 bits per heavy atom. The Morgan fingerprint density at radius 2 is 1.53 bits per heavy atom. The first kappa shape index (κ1) is 21.2. The molecule has 2 atom stereocenters. The number of ether oxygens (including phenoxy) is 1. The molecule has 0 saturated carbocycles. The van der Waals surface area contributed by atoms with Gasteiger partial charge in [-0.05, 0) is 49.1 Å². The van der Waals surface area contributed by atoms with E-state index in [-0.39, 0.29) is 11.8 Å². The minimum absolute atomic E-state index is 0.332. The molecule has 0 fully saturated rings. The number of hydrogen-bond acceptors (Lipinski definition) is 5. The lowest BCUT2D eigenvalue weighted by atomic mass is 9.95. The zero-order valence-electron chi connectivity index (χ0n) is 16.8. The summed E-state index contributed by atoms with van der Waals surface area (Å²) in [6.07, 6.45) is 1.07. The van der Waals surface area contributed by atoms with Crippen molar-refractivity contribution in [1.29, 1.82) is 0 Å². The van der Waals surface area contributed by atoms with Gasteiger partial charge in [0.1, 0.15) is 5.75 Å². The molecule has 1 aliphatic heterocycles. The number of rotatable bonds is 8. The largest absolute Gasteiger partial charge is 0.481 e. The van der Waals surface area contributed by atoms with Crippen LogP contribution in [0.4, 0.5) is 0 Å². The van der Waals surface area contributed by atoms with Crippen LogP contribution in [0.3, 0.4) is 0 Å². The maximum absolute atomic E-state index is 12.9. The van der Waals surface area contributed by atoms with Gasteiger partial charge < -0.3 is 9.84 Å². The summed E-state index contributed by atoms with van der Waals surface area (Å²) in [5.74, 6) is -2.24. The number of carboxylic acids is 1. The Hall–Kier alpha value is -3.48. The second-order valence-corrected chi connectivity index (χ2v) is 7.44. The molecule has 1 aliphatic rings. The van der Waals surface area contributed by atoms with Crippen LogP contribution in [-0.2, 0) is 16.0 Å². The van der Waals surface area contributed by atoms with Crippen LogP contribution in [0.5, 0.6) is 5.75 Å². The molecule has 7 nitrogen and oxygen atoms in total. The minimum atomic E-state index is -0.915. The van der Waals surface area contributed by atoms with Gasteiger partial charge in [0.2, 0.25) is 0 Å². The number of hydrogen-bond donors (Lipinski definition) is 1. The maximum atomic E-state index is 12.9. The van der Waals surface area contributed by atoms with Crippen molar-refractivity contribution in [2.24, 2.45) is 5.92 Å². The van der Waals surface area contributed by atoms with Crippen LogP contribution in [-0.4, -0.2) is 39.8 Å². The number of esters is 1. The summed E-state index contributed by atoms with van der Waals surface area (Å²) in [6, 6.07) is 13.0. The van der Waals surface area contributed by atoms with Gasteiger partial charge in [-0.15, -0.1) is 0 Å². The average Bonchev–Trinajstić information content (AvgIpc) is 2.96. The molecule has 2 amide bonds. The molecule has 7 heteroatoms. The van der Waals surface area contributed by atoms with E-state index in [1.807, 2.05) is 0 Å². The highest BCUT2D eigenvalue weighted by molar-refractivity contribution is 6.21. The first-order valence-electron chi connectivity index (χ1n) is 9.75. The Morgan fingerprint density at radius 1 is 0.967 bits per heavy atom. The fourth-order valence-corrected chi connectivity index (χ4v) is 3.56. The summed E-state index contributed by atoms with van der Waals surface area (Å²) in [6.45, 7) is 2.92. The van der Waals surface area contributed by atoms with E-state index in [1.54, 1.807) is 55.5 Å². The van der Waals surface area contributed by atoms with Gasteiger partial charge in [0.25, 0.3) is 11.8 Å². The van der Waals surface area contributed by atoms with Crippen molar-refractivity contribution in [3.05, 3.63) is 65.2 Å². The predicted octanol–water partition coefficient (Wildman–Crippen LogP) is 3.32. The van der Waals surface area contributed by atoms with E-state index in [9.17, 15) is 24.3 Å². The normalized spacial score (nSPS) is 14.9. The summed E-state index contributed by atoms with van der Waals surface area (Å²) in [5, 5.41) is 9.21. The number of amides is 2. The molecule has 0 aliphatic carbocycles. The number of aliphatic carboxylic acids is 1. The maximum Gasteiger partial charge on any atom is 0.308 e. The van der Waals surface area contributed by atoms with Crippen LogP contribution in [0, 0.1) is 5.92 Å². The van der Waals surface area contributed by atoms with Crippen molar-refractivity contribution >= 4 is 23.8 Å². The number of carbonyl (C=O) groups is 4. The summed E-state index contributed by atoms with van der Waals surface area (Å²) in [7, 11) is 0. The van der Waals surface area contributed by atoms with Crippen LogP contribution in [0.2, 0.25) is 0 Å². The lowest BCUT2D eigenvalue weighted by Gasteiger charge is -2.27. The smallest absolute Gasteiger partial charge is 0.308 e. The molecule has 0 aromatic heterocycles. The van der Waals surface area contributed by atoms with Gasteiger partial charge in [-0.2, -0.15) is 0 Å². The number of benzene rings is 2. The van der Waals surface area contributed by atoms with Crippen LogP contribution in [0.1, 0.15) is 53.0 Å². The van der Waals surface area contributed by atoms with Crippen LogP contribution in [0.25, 0.3) is 0 Å². The Labute approximate surface area is 174 Å². The third-order valence-corrected chi connectivity index (χ3v) is 5.20. The molecular formula is C23H23NO6. The second-order valence-electron chi connectivity index (χ2n) is 7.44. The van der Waals surface area contributed by atoms with Crippen LogP contribution < -0.4 is 4.74 Å². The number of nitrogens with zero attached hydrogens (tertiary/aromatic N) is 1. The highest BCUT2D eigenvalue weighted by Crippen LogP contribution is 2.28. The SMILES string of the molecule is CC(=O)Oc1ccc(CC(CCC(C)C(=O)O)N2C(=O)c3ccccc3C2=O)cc1. The molecule has 2 aromatic rings. The highest BCUT2D eigenvalue weighted by atomic mass is 16.5. The van der Waals surface area contributed by atoms with Crippen molar-refractivity contribution in [2.45, 2.75) is 39.2 Å². The third-order valence-electron chi connectivity index (χ3n) is 5.20. The number of imide groups is 1. The number of fused-ring (bicyclic) bond motifs is 1. The number of carbonyl (C=O) groups excluding carboxylic acids is 3. The summed E-state index contributed by atoms with van der Waals surface area (Å²) >= 11 is 0. The minimum Gasteiger partial charge on any atom is -0.481 e. The van der Waals surface area contributed by atoms with E-state index in [1.165, 1.54) is 11.8 Å². The fourth-order valence-electron chi connectivity index (χ4n) is 3.56. The van der Waals surface area contributed by atoms with E-state index in [4.69, 9.17) is 4.74 Å². The standard InChI is InChI=1S/C23H23NO6/c1-14(23(28)29)7-10-17(13-16-8-11-18(12-9-16)30-15(2)25)24-21(26)19-5-3-4-6-20(19)22(24)27/h3-6,8-9,11-12,14,17H,7,10,13H2,1-2H3,(H,28,29). The number of carboxylic acid groups (broad SMARTS) is 1. The van der Waals surface area contributed by atoms with E-state index in [2.05, 4.69) is 0 Å². The van der Waals surface area contributed by atoms with Crippen molar-refractivity contribution in [3.63, 3.8) is 0 Å². The molecule has 0 bridgehead atoms. The average molecular weight is 409 g/mol. The topological polar surface area (TPSA) is 101 Å². The van der Waals surface area contributed by atoms with Crippen molar-refractivity contribution in [1.82, 2.24) is 4.90 Å². The summed E-state index contributed by atoms with van der Waals surface area (Å²) < 4.78 is 5.03. The van der Waals surface area contributed by atoms with Gasteiger partial charge in [0, 0.05) is 13.0 Å². The van der Waals surface area contributed by atoms with Gasteiger partial charge in [0.15, 0.2) is 0 Å². The molecule has 1 heterocycles. The predicted molar refractivity (Wildman–Crippen MR) is 108 cm³/mol. The van der Waals surface area contributed by atoms with E-state index < -0.39 is 23.9 Å². The molecule has 2 aromatic carbocycles. The van der Waals surface area contributed by atoms with E-state index in [0.717, 1.165) is 5.56 Å². The van der Waals surface area contributed by atoms with Gasteiger partial charge in [0.05, 0.1) is 17.0 Å². The van der Waals surface area contributed by atoms with Crippen molar-refractivity contribution in [2.75, 3.05) is 0 Å². The van der Waals surface area contributed by atoms with Crippen molar-refractivity contribution < 1.29 is 29.0 Å². The fraction of sp³-hybridized carbons (Fsp3) is 0.304. The highest BCUT2D eigenvalue weighted by Gasteiger charge is 2.39. The molecule has 3 rings (SSSR count). The third kappa shape index (κ3) is 4.56. The Kier molecular flexibility index (Phi) is 6.30. The zero-order chi connectivity index (χ0) is 21.8.